The fourth-order valence-electron chi connectivity index (χ4n) is 2.53. The first-order valence-electron chi connectivity index (χ1n) is 7.46. The summed E-state index contributed by atoms with van der Waals surface area (Å²) in [6.07, 6.45) is 4.99. The van der Waals surface area contributed by atoms with E-state index >= 15 is 0 Å². The maximum atomic E-state index is 14.0. The van der Waals surface area contributed by atoms with Crippen molar-refractivity contribution in [1.82, 2.24) is 24.7 Å². The molecule has 2 N–H and O–H groups in total. The number of nitrogens with two attached hydrogens (primary N) is 1. The number of hydrogen-bond donors (Lipinski definition) is 1. The minimum atomic E-state index is -0.386. The first-order valence-corrected chi connectivity index (χ1v) is 7.83. The number of rotatable bonds is 3. The molecular weight excluding hydrogens is 343 g/mol. The van der Waals surface area contributed by atoms with Gasteiger partial charge < -0.3 is 5.73 Å². The second-order valence-corrected chi connectivity index (χ2v) is 5.84. The van der Waals surface area contributed by atoms with Gasteiger partial charge in [-0.25, -0.2) is 14.4 Å². The highest BCUT2D eigenvalue weighted by molar-refractivity contribution is 6.31. The van der Waals surface area contributed by atoms with E-state index in [9.17, 15) is 4.39 Å². The van der Waals surface area contributed by atoms with E-state index in [1.165, 1.54) is 6.07 Å². The number of nitrogen functional groups attached to an aromatic ring is 1. The minimum absolute atomic E-state index is 0.173. The van der Waals surface area contributed by atoms with E-state index in [2.05, 4.69) is 20.1 Å². The molecule has 0 unspecified atom stereocenters. The molecule has 0 amide bonds. The van der Waals surface area contributed by atoms with Gasteiger partial charge in [0.1, 0.15) is 11.6 Å². The average Bonchev–Trinajstić information content (AvgIpc) is 3.02. The fraction of sp³-hybridized carbons (Fsp3) is 0.0588. The third kappa shape index (κ3) is 2.89. The van der Waals surface area contributed by atoms with E-state index in [1.54, 1.807) is 47.5 Å². The molecule has 0 saturated heterocycles. The molecule has 0 aliphatic heterocycles. The highest BCUT2D eigenvalue weighted by atomic mass is 35.5. The molecule has 0 aliphatic carbocycles. The third-order valence-corrected chi connectivity index (χ3v) is 4.13. The standard InChI is InChI=1S/C17H12ClFN6/c18-13-2-1-3-14(19)11(13)8-25-9-12-15(20)22-16(23-17(12)24-25)10-4-6-21-7-5-10/h1-7,9H,8H2,(H2,20,22,23,24). The molecule has 25 heavy (non-hydrogen) atoms. The van der Waals surface area contributed by atoms with Crippen molar-refractivity contribution in [2.24, 2.45) is 0 Å². The Morgan fingerprint density at radius 2 is 1.92 bits per heavy atom. The van der Waals surface area contributed by atoms with E-state index in [0.29, 0.717) is 33.3 Å². The summed E-state index contributed by atoms with van der Waals surface area (Å²) in [6, 6.07) is 8.14. The summed E-state index contributed by atoms with van der Waals surface area (Å²) in [4.78, 5) is 12.7. The third-order valence-electron chi connectivity index (χ3n) is 3.78. The lowest BCUT2D eigenvalue weighted by Crippen LogP contribution is -2.03. The van der Waals surface area contributed by atoms with E-state index in [1.807, 2.05) is 0 Å². The van der Waals surface area contributed by atoms with E-state index in [0.717, 1.165) is 5.56 Å². The predicted octanol–water partition coefficient (Wildman–Crippen LogP) is 3.31. The van der Waals surface area contributed by atoms with Gasteiger partial charge in [0.05, 0.1) is 11.9 Å². The van der Waals surface area contributed by atoms with Crippen LogP contribution in [0.5, 0.6) is 0 Å². The van der Waals surface area contributed by atoms with E-state index in [4.69, 9.17) is 17.3 Å². The van der Waals surface area contributed by atoms with Crippen LogP contribution in [0.3, 0.4) is 0 Å². The Hall–Kier alpha value is -3.06. The van der Waals surface area contributed by atoms with Gasteiger partial charge in [0.15, 0.2) is 11.5 Å². The van der Waals surface area contributed by atoms with Crippen LogP contribution in [0.2, 0.25) is 5.02 Å². The van der Waals surface area contributed by atoms with Crippen LogP contribution in [0.15, 0.2) is 48.9 Å². The van der Waals surface area contributed by atoms with Crippen LogP contribution in [0.1, 0.15) is 5.56 Å². The summed E-state index contributed by atoms with van der Waals surface area (Å²) < 4.78 is 15.5. The first kappa shape index (κ1) is 15.5. The van der Waals surface area contributed by atoms with Crippen LogP contribution in [0.25, 0.3) is 22.4 Å². The van der Waals surface area contributed by atoms with Crippen LogP contribution in [0, 0.1) is 5.82 Å². The second-order valence-electron chi connectivity index (χ2n) is 5.43. The second kappa shape index (κ2) is 6.10. The Bertz CT molecular complexity index is 1040. The topological polar surface area (TPSA) is 82.5 Å². The maximum Gasteiger partial charge on any atom is 0.186 e. The normalized spacial score (nSPS) is 11.1. The number of benzene rings is 1. The van der Waals surface area contributed by atoms with E-state index in [-0.39, 0.29) is 12.4 Å². The predicted molar refractivity (Wildman–Crippen MR) is 93.5 cm³/mol. The lowest BCUT2D eigenvalue weighted by molar-refractivity contribution is 0.586. The van der Waals surface area contributed by atoms with Crippen LogP contribution in [0.4, 0.5) is 10.2 Å². The number of fused-ring (bicyclic) bond motifs is 1. The molecule has 4 aromatic rings. The largest absolute Gasteiger partial charge is 0.383 e. The molecule has 6 nitrogen and oxygen atoms in total. The van der Waals surface area contributed by atoms with Gasteiger partial charge in [-0.1, -0.05) is 17.7 Å². The summed E-state index contributed by atoms with van der Waals surface area (Å²) in [7, 11) is 0. The molecule has 3 heterocycles. The molecule has 0 saturated carbocycles. The van der Waals surface area contributed by atoms with Crippen molar-refractivity contribution in [2.75, 3.05) is 5.73 Å². The number of pyridine rings is 1. The van der Waals surface area contributed by atoms with Crippen molar-refractivity contribution in [3.05, 3.63) is 65.3 Å². The zero-order valence-electron chi connectivity index (χ0n) is 12.9. The number of halogens is 2. The van der Waals surface area contributed by atoms with Crippen molar-refractivity contribution < 1.29 is 4.39 Å². The van der Waals surface area contributed by atoms with Gasteiger partial charge in [0, 0.05) is 34.7 Å². The zero-order valence-corrected chi connectivity index (χ0v) is 13.7. The van der Waals surface area contributed by atoms with Gasteiger partial charge in [0.2, 0.25) is 0 Å². The van der Waals surface area contributed by atoms with Crippen LogP contribution in [-0.2, 0) is 6.54 Å². The van der Waals surface area contributed by atoms with Gasteiger partial charge in [-0.3, -0.25) is 9.67 Å². The van der Waals surface area contributed by atoms with Gasteiger partial charge in [-0.15, -0.1) is 0 Å². The number of anilines is 1. The van der Waals surface area contributed by atoms with Crippen LogP contribution in [-0.4, -0.2) is 24.7 Å². The number of nitrogens with zero attached hydrogens (tertiary/aromatic N) is 5. The van der Waals surface area contributed by atoms with Gasteiger partial charge in [0.25, 0.3) is 0 Å². The van der Waals surface area contributed by atoms with Gasteiger partial charge in [-0.05, 0) is 24.3 Å². The summed E-state index contributed by atoms with van der Waals surface area (Å²) in [5.41, 5.74) is 7.62. The van der Waals surface area contributed by atoms with Crippen molar-refractivity contribution >= 4 is 28.5 Å². The molecular formula is C17H12ClFN6. The minimum Gasteiger partial charge on any atom is -0.383 e. The van der Waals surface area contributed by atoms with Gasteiger partial charge in [-0.2, -0.15) is 5.10 Å². The molecule has 1 aromatic carbocycles. The molecule has 0 fully saturated rings. The molecule has 0 bridgehead atoms. The summed E-state index contributed by atoms with van der Waals surface area (Å²) >= 11 is 6.07. The maximum absolute atomic E-state index is 14.0. The first-order chi connectivity index (χ1) is 12.1. The Morgan fingerprint density at radius 1 is 1.12 bits per heavy atom. The Morgan fingerprint density at radius 3 is 2.68 bits per heavy atom. The fourth-order valence-corrected chi connectivity index (χ4v) is 2.75. The Kier molecular flexibility index (Phi) is 3.77. The van der Waals surface area contributed by atoms with Crippen LogP contribution < -0.4 is 5.73 Å². The van der Waals surface area contributed by atoms with Crippen LogP contribution >= 0.6 is 11.6 Å². The van der Waals surface area contributed by atoms with Crippen molar-refractivity contribution in [3.63, 3.8) is 0 Å². The monoisotopic (exact) mass is 354 g/mol. The Labute approximate surface area is 147 Å². The molecule has 124 valence electrons. The smallest absolute Gasteiger partial charge is 0.186 e. The average molecular weight is 355 g/mol. The van der Waals surface area contributed by atoms with Crippen molar-refractivity contribution in [3.8, 4) is 11.4 Å². The molecule has 0 radical (unpaired) electrons. The molecule has 0 aliphatic rings. The van der Waals surface area contributed by atoms with Crippen molar-refractivity contribution in [2.45, 2.75) is 6.54 Å². The summed E-state index contributed by atoms with van der Waals surface area (Å²) in [6.45, 7) is 0.173. The summed E-state index contributed by atoms with van der Waals surface area (Å²) in [5.74, 6) is 0.382. The Balaban J connectivity index is 1.77. The lowest BCUT2D eigenvalue weighted by atomic mass is 10.2. The number of aromatic nitrogens is 5. The van der Waals surface area contributed by atoms with Crippen molar-refractivity contribution in [1.29, 1.82) is 0 Å². The lowest BCUT2D eigenvalue weighted by Gasteiger charge is -2.05. The molecule has 3 aromatic heterocycles. The van der Waals surface area contributed by atoms with Gasteiger partial charge >= 0.3 is 0 Å². The SMILES string of the molecule is Nc1nc(-c2ccncc2)nc2nn(Cc3c(F)cccc3Cl)cc12. The number of hydrogen-bond acceptors (Lipinski definition) is 5. The zero-order chi connectivity index (χ0) is 17.4. The quantitative estimate of drug-likeness (QED) is 0.610. The highest BCUT2D eigenvalue weighted by Crippen LogP contribution is 2.24. The van der Waals surface area contributed by atoms with E-state index < -0.39 is 0 Å². The highest BCUT2D eigenvalue weighted by Gasteiger charge is 2.13. The molecule has 4 rings (SSSR count). The molecule has 0 spiro atoms. The molecule has 8 heteroatoms. The molecule has 0 atom stereocenters. The summed E-state index contributed by atoms with van der Waals surface area (Å²) in [5, 5.41) is 5.33.